The molecule has 1 fully saturated rings. The van der Waals surface area contributed by atoms with E-state index in [1.807, 2.05) is 29.2 Å². The zero-order chi connectivity index (χ0) is 31.0. The number of piperidine rings is 1. The second-order valence-corrected chi connectivity index (χ2v) is 16.6. The van der Waals surface area contributed by atoms with Gasteiger partial charge < -0.3 is 25.2 Å². The minimum atomic E-state index is -3.48. The van der Waals surface area contributed by atoms with Gasteiger partial charge in [0.25, 0.3) is 0 Å². The highest BCUT2D eigenvalue weighted by Crippen LogP contribution is 2.27. The molecule has 0 spiro atoms. The molecule has 2 aliphatic heterocycles. The molecule has 2 aliphatic rings. The minimum absolute atomic E-state index is 0.00127. The monoisotopic (exact) mass is 627 g/mol. The molecule has 0 bridgehead atoms. The Hall–Kier alpha value is -3.84. The number of ether oxygens (including phenoxy) is 1. The van der Waals surface area contributed by atoms with Gasteiger partial charge in [-0.05, 0) is 48.2 Å². The number of nitrogens with zero attached hydrogens (tertiary/aromatic N) is 3. The number of rotatable bonds is 9. The number of urea groups is 2. The van der Waals surface area contributed by atoms with Crippen molar-refractivity contribution in [2.24, 2.45) is 0 Å². The summed E-state index contributed by atoms with van der Waals surface area (Å²) in [6.07, 6.45) is 4.38. The van der Waals surface area contributed by atoms with Gasteiger partial charge in [-0.3, -0.25) is 3.97 Å². The lowest BCUT2D eigenvalue weighted by Gasteiger charge is -2.40. The van der Waals surface area contributed by atoms with Crippen LogP contribution in [-0.2, 0) is 32.5 Å². The summed E-state index contributed by atoms with van der Waals surface area (Å²) in [7, 11) is -3.23. The quantitative estimate of drug-likeness (QED) is 0.323. The van der Waals surface area contributed by atoms with Crippen molar-refractivity contribution in [2.45, 2.75) is 57.0 Å². The average molecular weight is 628 g/mol. The lowest BCUT2D eigenvalue weighted by atomic mass is 10.0. The van der Waals surface area contributed by atoms with Gasteiger partial charge >= 0.3 is 18.0 Å². The molecular weight excluding hydrogens is 587 g/mol. The molecule has 2 N–H and O–H groups in total. The van der Waals surface area contributed by atoms with Gasteiger partial charge in [0, 0.05) is 59.0 Å². The maximum absolute atomic E-state index is 13.2. The Balaban J connectivity index is 1.38. The van der Waals surface area contributed by atoms with Gasteiger partial charge in [0.2, 0.25) is 10.0 Å². The van der Waals surface area contributed by atoms with Gasteiger partial charge in [-0.1, -0.05) is 49.5 Å². The number of likely N-dealkylation sites (tertiary alicyclic amines) is 1. The summed E-state index contributed by atoms with van der Waals surface area (Å²) in [4.78, 5) is 42.1. The molecule has 4 rings (SSSR count). The lowest BCUT2D eigenvalue weighted by molar-refractivity contribution is -0.142. The van der Waals surface area contributed by atoms with Gasteiger partial charge in [0.1, 0.15) is 6.04 Å². The first-order valence-electron chi connectivity index (χ1n) is 14.6. The van der Waals surface area contributed by atoms with Crippen molar-refractivity contribution in [3.05, 3.63) is 78.1 Å². The van der Waals surface area contributed by atoms with E-state index in [1.54, 1.807) is 35.2 Å². The summed E-state index contributed by atoms with van der Waals surface area (Å²) in [6, 6.07) is 15.4. The highest BCUT2D eigenvalue weighted by molar-refractivity contribution is 7.89. The van der Waals surface area contributed by atoms with Crippen LogP contribution in [0.2, 0.25) is 19.1 Å². The van der Waals surface area contributed by atoms with E-state index in [1.165, 1.54) is 23.5 Å². The number of carbonyl (C=O) groups is 3. The number of para-hydroxylation sites is 1. The molecule has 0 saturated carbocycles. The van der Waals surface area contributed by atoms with E-state index < -0.39 is 30.8 Å². The number of hydrogen-bond acceptors (Lipinski definition) is 6. The molecule has 3 heterocycles. The highest BCUT2D eigenvalue weighted by Gasteiger charge is 2.33. The fourth-order valence-electron chi connectivity index (χ4n) is 5.19. The molecule has 0 radical (unpaired) electrons. The number of carbonyl (C=O) groups excluding carboxylic acids is 3. The van der Waals surface area contributed by atoms with Gasteiger partial charge in [-0.2, -0.15) is 0 Å². The largest absolute Gasteiger partial charge is 0.467 e. The van der Waals surface area contributed by atoms with E-state index in [2.05, 4.69) is 23.7 Å². The van der Waals surface area contributed by atoms with E-state index >= 15 is 0 Å². The van der Waals surface area contributed by atoms with E-state index in [0.717, 1.165) is 11.3 Å². The number of methoxy groups -OCH3 is 1. The van der Waals surface area contributed by atoms with Crippen LogP contribution in [-0.4, -0.2) is 87.1 Å². The van der Waals surface area contributed by atoms with Crippen molar-refractivity contribution in [1.82, 2.24) is 19.1 Å². The fourth-order valence-corrected chi connectivity index (χ4v) is 8.99. The van der Waals surface area contributed by atoms with Gasteiger partial charge in [-0.25, -0.2) is 22.8 Å². The Bertz CT molecular complexity index is 1470. The SMILES string of the molecule is COC(=O)C(Cc1ccccn(S(=O)(=O)CC[SiH](C)C)ccc1)NC(=O)N1CCC(N2Cc3ccccc3NC2=O)CC1. The van der Waals surface area contributed by atoms with Crippen LogP contribution in [0, 0.1) is 0 Å². The second-order valence-electron chi connectivity index (χ2n) is 11.3. The Kier molecular flexibility index (Phi) is 10.9. The number of anilines is 1. The average Bonchev–Trinajstić information content (AvgIpc) is 3.11. The molecule has 11 nitrogen and oxygen atoms in total. The standard InChI is InChI=1S/C30H41N5O6SSi/c1-41-28(36)27(21-23-9-6-7-15-34(16-8-10-23)42(39,40)19-20-43(2)3)32-29(37)33-17-13-25(14-18-33)35-22-24-11-4-5-12-26(24)31-30(35)38/h4-12,15-16,25,27,43H,13-14,17-22H2,1-3H3,(H,31,38)(H,32,37). The number of hydrogen-bond donors (Lipinski definition) is 2. The third kappa shape index (κ3) is 8.60. The topological polar surface area (TPSA) is 130 Å². The Morgan fingerprint density at radius 2 is 1.72 bits per heavy atom. The van der Waals surface area contributed by atoms with Crippen molar-refractivity contribution < 1.29 is 27.5 Å². The van der Waals surface area contributed by atoms with Crippen molar-refractivity contribution in [3.63, 3.8) is 0 Å². The number of benzene rings is 1. The molecule has 4 amide bonds. The zero-order valence-corrected chi connectivity index (χ0v) is 26.9. The summed E-state index contributed by atoms with van der Waals surface area (Å²) < 4.78 is 31.7. The lowest BCUT2D eigenvalue weighted by Crippen LogP contribution is -2.54. The maximum Gasteiger partial charge on any atom is 0.328 e. The normalized spacial score (nSPS) is 16.1. The highest BCUT2D eigenvalue weighted by atomic mass is 32.2. The molecule has 2 aromatic rings. The molecule has 1 aromatic heterocycles. The first-order chi connectivity index (χ1) is 20.6. The minimum Gasteiger partial charge on any atom is -0.467 e. The number of esters is 1. The smallest absolute Gasteiger partial charge is 0.328 e. The summed E-state index contributed by atoms with van der Waals surface area (Å²) in [5.41, 5.74) is 2.60. The third-order valence-corrected chi connectivity index (χ3v) is 11.2. The van der Waals surface area contributed by atoms with Crippen LogP contribution >= 0.6 is 0 Å². The van der Waals surface area contributed by atoms with E-state index in [9.17, 15) is 22.8 Å². The van der Waals surface area contributed by atoms with Gasteiger partial charge in [-0.15, -0.1) is 0 Å². The predicted molar refractivity (Wildman–Crippen MR) is 169 cm³/mol. The number of nitrogens with one attached hydrogen (secondary N) is 2. The molecular formula is C30H41N5O6SSi. The predicted octanol–water partition coefficient (Wildman–Crippen LogP) is 3.58. The van der Waals surface area contributed by atoms with E-state index in [4.69, 9.17) is 4.74 Å². The van der Waals surface area contributed by atoms with Crippen LogP contribution in [0.5, 0.6) is 0 Å². The number of amides is 4. The van der Waals surface area contributed by atoms with Crippen molar-refractivity contribution in [2.75, 3.05) is 31.3 Å². The van der Waals surface area contributed by atoms with Crippen LogP contribution in [0.25, 0.3) is 0 Å². The first kappa shape index (κ1) is 32.1. The molecule has 13 heteroatoms. The summed E-state index contributed by atoms with van der Waals surface area (Å²) in [5, 5.41) is 5.76. The number of fused-ring (bicyclic) bond motifs is 1. The summed E-state index contributed by atoms with van der Waals surface area (Å²) in [6.45, 7) is 5.64. The third-order valence-electron chi connectivity index (χ3n) is 7.75. The first-order valence-corrected chi connectivity index (χ1v) is 19.3. The molecule has 232 valence electrons. The summed E-state index contributed by atoms with van der Waals surface area (Å²) in [5.74, 6) is -0.485. The Morgan fingerprint density at radius 1 is 1.05 bits per heavy atom. The molecule has 43 heavy (non-hydrogen) atoms. The molecule has 1 unspecified atom stereocenters. The molecule has 1 aromatic carbocycles. The maximum atomic E-state index is 13.2. The van der Waals surface area contributed by atoms with Crippen LogP contribution < -0.4 is 10.6 Å². The summed E-state index contributed by atoms with van der Waals surface area (Å²) >= 11 is 0. The second kappa shape index (κ2) is 14.6. The molecule has 1 saturated heterocycles. The van der Waals surface area contributed by atoms with Gasteiger partial charge in [0.15, 0.2) is 0 Å². The van der Waals surface area contributed by atoms with E-state index in [-0.39, 0.29) is 30.3 Å². The van der Waals surface area contributed by atoms with Crippen molar-refractivity contribution >= 4 is 42.5 Å². The van der Waals surface area contributed by atoms with Crippen molar-refractivity contribution in [3.8, 4) is 0 Å². The van der Waals surface area contributed by atoms with E-state index in [0.29, 0.717) is 44.1 Å². The van der Waals surface area contributed by atoms with Crippen LogP contribution in [0.4, 0.5) is 15.3 Å². The van der Waals surface area contributed by atoms with Crippen LogP contribution in [0.15, 0.2) is 67.0 Å². The van der Waals surface area contributed by atoms with Crippen LogP contribution in [0.1, 0.15) is 24.0 Å². The van der Waals surface area contributed by atoms with Crippen LogP contribution in [0.3, 0.4) is 0 Å². The molecule has 1 atom stereocenters. The Morgan fingerprint density at radius 3 is 2.44 bits per heavy atom. The van der Waals surface area contributed by atoms with Gasteiger partial charge in [0.05, 0.1) is 12.9 Å². The number of aromatic nitrogens is 1. The molecule has 0 aliphatic carbocycles. The Labute approximate surface area is 255 Å². The fraction of sp³-hybridized carbons (Fsp3) is 0.433. The van der Waals surface area contributed by atoms with Crippen molar-refractivity contribution in [1.29, 1.82) is 0 Å². The zero-order valence-electron chi connectivity index (χ0n) is 24.9.